The van der Waals surface area contributed by atoms with Crippen LogP contribution in [0.15, 0.2) is 18.2 Å². The molecular formula is C11H9FN2O2. The van der Waals surface area contributed by atoms with E-state index < -0.39 is 11.9 Å². The predicted molar refractivity (Wildman–Crippen MR) is 54.1 cm³/mol. The van der Waals surface area contributed by atoms with Gasteiger partial charge < -0.3 is 10.0 Å². The molecule has 1 N–H and O–H groups in total. The molecule has 0 spiro atoms. The van der Waals surface area contributed by atoms with Gasteiger partial charge in [-0.25, -0.2) is 4.39 Å². The fraction of sp³-hybridized carbons (Fsp3) is 0.273. The molecule has 1 aromatic carbocycles. The van der Waals surface area contributed by atoms with E-state index in [0.29, 0.717) is 0 Å². The molecule has 0 aliphatic carbocycles. The standard InChI is InChI=1S/C11H9FN2O2/c12-9-2-1-3-10(8(9)5-13)14-6-7(15)4-11(14)16/h1-3,7,15H,4,6H2. The van der Waals surface area contributed by atoms with E-state index in [0.717, 1.165) is 0 Å². The maximum Gasteiger partial charge on any atom is 0.229 e. The molecule has 1 saturated heterocycles. The minimum absolute atomic E-state index is 0.0153. The minimum atomic E-state index is -0.748. The third-order valence-electron chi connectivity index (χ3n) is 2.50. The van der Waals surface area contributed by atoms with Crippen molar-refractivity contribution in [2.75, 3.05) is 11.4 Å². The number of nitrogens with zero attached hydrogens (tertiary/aromatic N) is 2. The van der Waals surface area contributed by atoms with E-state index >= 15 is 0 Å². The van der Waals surface area contributed by atoms with Crippen LogP contribution in [0.5, 0.6) is 0 Å². The lowest BCUT2D eigenvalue weighted by Crippen LogP contribution is -2.26. The predicted octanol–water partition coefficient (Wildman–Crippen LogP) is 0.795. The Morgan fingerprint density at radius 3 is 2.88 bits per heavy atom. The molecule has 1 aliphatic heterocycles. The third-order valence-corrected chi connectivity index (χ3v) is 2.50. The summed E-state index contributed by atoms with van der Waals surface area (Å²) in [6.45, 7) is 0.108. The fourth-order valence-electron chi connectivity index (χ4n) is 1.77. The molecule has 0 saturated carbocycles. The Hall–Kier alpha value is -1.93. The Kier molecular flexibility index (Phi) is 2.59. The van der Waals surface area contributed by atoms with Crippen molar-refractivity contribution in [2.24, 2.45) is 0 Å². The van der Waals surface area contributed by atoms with Gasteiger partial charge in [0.2, 0.25) is 5.91 Å². The van der Waals surface area contributed by atoms with Gasteiger partial charge in [-0.2, -0.15) is 5.26 Å². The van der Waals surface area contributed by atoms with Gasteiger partial charge in [-0.1, -0.05) is 6.07 Å². The number of anilines is 1. The first-order valence-corrected chi connectivity index (χ1v) is 4.80. The largest absolute Gasteiger partial charge is 0.391 e. The maximum atomic E-state index is 13.3. The van der Waals surface area contributed by atoms with Crippen LogP contribution < -0.4 is 4.90 Å². The molecule has 2 rings (SSSR count). The lowest BCUT2D eigenvalue weighted by molar-refractivity contribution is -0.117. The number of hydrogen-bond donors (Lipinski definition) is 1. The summed E-state index contributed by atoms with van der Waals surface area (Å²) in [6, 6.07) is 5.82. The highest BCUT2D eigenvalue weighted by Crippen LogP contribution is 2.26. The second-order valence-electron chi connectivity index (χ2n) is 3.61. The minimum Gasteiger partial charge on any atom is -0.391 e. The Morgan fingerprint density at radius 2 is 2.31 bits per heavy atom. The third kappa shape index (κ3) is 1.64. The molecule has 0 aromatic heterocycles. The van der Waals surface area contributed by atoms with Crippen LogP contribution in [-0.2, 0) is 4.79 Å². The van der Waals surface area contributed by atoms with E-state index in [9.17, 15) is 14.3 Å². The number of nitriles is 1. The van der Waals surface area contributed by atoms with Crippen LogP contribution in [0.4, 0.5) is 10.1 Å². The zero-order valence-corrected chi connectivity index (χ0v) is 8.35. The van der Waals surface area contributed by atoms with Crippen molar-refractivity contribution in [3.05, 3.63) is 29.6 Å². The molecule has 16 heavy (non-hydrogen) atoms. The zero-order valence-electron chi connectivity index (χ0n) is 8.35. The van der Waals surface area contributed by atoms with E-state index in [2.05, 4.69) is 0 Å². The molecule has 0 bridgehead atoms. The lowest BCUT2D eigenvalue weighted by atomic mass is 10.1. The summed E-state index contributed by atoms with van der Waals surface area (Å²) in [5.74, 6) is -0.955. The van der Waals surface area contributed by atoms with Crippen LogP contribution in [0, 0.1) is 17.1 Å². The number of β-amino-alcohol motifs (C(OH)–C–C–N with tert-alkyl or cyclic N) is 1. The Morgan fingerprint density at radius 1 is 1.56 bits per heavy atom. The van der Waals surface area contributed by atoms with E-state index in [1.807, 2.05) is 0 Å². The Bertz CT molecular complexity index is 481. The van der Waals surface area contributed by atoms with Crippen molar-refractivity contribution in [1.82, 2.24) is 0 Å². The van der Waals surface area contributed by atoms with Gasteiger partial charge >= 0.3 is 0 Å². The van der Waals surface area contributed by atoms with Crippen LogP contribution in [0.25, 0.3) is 0 Å². The van der Waals surface area contributed by atoms with Gasteiger partial charge in [0.25, 0.3) is 0 Å². The summed E-state index contributed by atoms with van der Waals surface area (Å²) < 4.78 is 13.3. The summed E-state index contributed by atoms with van der Waals surface area (Å²) in [6.07, 6.45) is -0.733. The number of aliphatic hydroxyl groups excluding tert-OH is 1. The second kappa shape index (κ2) is 3.91. The molecule has 4 nitrogen and oxygen atoms in total. The van der Waals surface area contributed by atoms with Crippen LogP contribution in [0.1, 0.15) is 12.0 Å². The molecule has 1 amide bonds. The summed E-state index contributed by atoms with van der Waals surface area (Å²) in [5.41, 5.74) is 0.0639. The Labute approximate surface area is 91.5 Å². The van der Waals surface area contributed by atoms with Gasteiger partial charge in [0.1, 0.15) is 17.4 Å². The van der Waals surface area contributed by atoms with Gasteiger partial charge in [-0.05, 0) is 12.1 Å². The van der Waals surface area contributed by atoms with Crippen LogP contribution in [0.3, 0.4) is 0 Å². The topological polar surface area (TPSA) is 64.3 Å². The molecule has 0 radical (unpaired) electrons. The van der Waals surface area contributed by atoms with Crippen LogP contribution >= 0.6 is 0 Å². The highest BCUT2D eigenvalue weighted by molar-refractivity contribution is 5.97. The maximum absolute atomic E-state index is 13.3. The fourth-order valence-corrected chi connectivity index (χ4v) is 1.77. The van der Waals surface area contributed by atoms with Crippen molar-refractivity contribution in [3.63, 3.8) is 0 Å². The summed E-state index contributed by atoms with van der Waals surface area (Å²) in [5, 5.41) is 18.1. The van der Waals surface area contributed by atoms with E-state index in [1.165, 1.54) is 23.1 Å². The molecule has 1 heterocycles. The summed E-state index contributed by atoms with van der Waals surface area (Å²) in [7, 11) is 0. The van der Waals surface area contributed by atoms with Gasteiger partial charge in [-0.15, -0.1) is 0 Å². The molecule has 1 aliphatic rings. The van der Waals surface area contributed by atoms with Crippen molar-refractivity contribution >= 4 is 11.6 Å². The van der Waals surface area contributed by atoms with Gasteiger partial charge in [0.15, 0.2) is 0 Å². The number of rotatable bonds is 1. The normalized spacial score (nSPS) is 19.9. The van der Waals surface area contributed by atoms with E-state index in [1.54, 1.807) is 6.07 Å². The first-order chi connectivity index (χ1) is 7.63. The average molecular weight is 220 g/mol. The molecule has 82 valence electrons. The molecule has 1 unspecified atom stereocenters. The van der Waals surface area contributed by atoms with Crippen LogP contribution in [-0.4, -0.2) is 23.7 Å². The molecular weight excluding hydrogens is 211 g/mol. The molecule has 1 fully saturated rings. The van der Waals surface area contributed by atoms with Crippen LogP contribution in [0.2, 0.25) is 0 Å². The molecule has 5 heteroatoms. The number of amides is 1. The first-order valence-electron chi connectivity index (χ1n) is 4.80. The van der Waals surface area contributed by atoms with Gasteiger partial charge in [0.05, 0.1) is 24.8 Å². The second-order valence-corrected chi connectivity index (χ2v) is 3.61. The highest BCUT2D eigenvalue weighted by Gasteiger charge is 2.31. The monoisotopic (exact) mass is 220 g/mol. The van der Waals surface area contributed by atoms with Crippen molar-refractivity contribution < 1.29 is 14.3 Å². The zero-order chi connectivity index (χ0) is 11.7. The van der Waals surface area contributed by atoms with E-state index in [4.69, 9.17) is 5.26 Å². The number of benzene rings is 1. The van der Waals surface area contributed by atoms with E-state index in [-0.39, 0.29) is 30.1 Å². The summed E-state index contributed by atoms with van der Waals surface area (Å²) in [4.78, 5) is 12.7. The van der Waals surface area contributed by atoms with Crippen molar-refractivity contribution in [2.45, 2.75) is 12.5 Å². The lowest BCUT2D eigenvalue weighted by Gasteiger charge is -2.17. The number of hydrogen-bond acceptors (Lipinski definition) is 3. The average Bonchev–Trinajstić information content (AvgIpc) is 2.57. The van der Waals surface area contributed by atoms with Crippen molar-refractivity contribution in [1.29, 1.82) is 5.26 Å². The highest BCUT2D eigenvalue weighted by atomic mass is 19.1. The molecule has 1 atom stereocenters. The summed E-state index contributed by atoms with van der Waals surface area (Å²) >= 11 is 0. The van der Waals surface area contributed by atoms with Crippen molar-refractivity contribution in [3.8, 4) is 6.07 Å². The molecule has 1 aromatic rings. The quantitative estimate of drug-likeness (QED) is 0.761. The number of aliphatic hydroxyl groups is 1. The number of halogens is 1. The number of carbonyl (C=O) groups is 1. The smallest absolute Gasteiger partial charge is 0.229 e. The SMILES string of the molecule is N#Cc1c(F)cccc1N1CC(O)CC1=O. The first kappa shape index (κ1) is 10.6. The number of carbonyl (C=O) groups excluding carboxylic acids is 1. The van der Waals surface area contributed by atoms with Gasteiger partial charge in [-0.3, -0.25) is 4.79 Å². The Balaban J connectivity index is 2.45. The van der Waals surface area contributed by atoms with Gasteiger partial charge in [0, 0.05) is 0 Å².